The van der Waals surface area contributed by atoms with Crippen LogP contribution in [0, 0.1) is 10.7 Å². The van der Waals surface area contributed by atoms with E-state index in [1.807, 2.05) is 23.6 Å². The Balaban J connectivity index is 2.90. The molecule has 0 amide bonds. The molecule has 0 N–H and O–H groups in total. The highest BCUT2D eigenvalue weighted by molar-refractivity contribution is 8.04. The van der Waals surface area contributed by atoms with Crippen LogP contribution in [-0.2, 0) is 9.53 Å². The monoisotopic (exact) mass is 207 g/mol. The predicted octanol–water partition coefficient (Wildman–Crippen LogP) is 2.11. The minimum Gasteiger partial charge on any atom is -0.468 e. The van der Waals surface area contributed by atoms with Gasteiger partial charge in [0, 0.05) is 0 Å². The van der Waals surface area contributed by atoms with Crippen molar-refractivity contribution in [3.8, 4) is 5.40 Å². The highest BCUT2D eigenvalue weighted by Crippen LogP contribution is 2.28. The van der Waals surface area contributed by atoms with Gasteiger partial charge in [-0.3, -0.25) is 4.79 Å². The average molecular weight is 207 g/mol. The van der Waals surface area contributed by atoms with Gasteiger partial charge in [0.2, 0.25) is 0 Å². The molecule has 0 saturated carbocycles. The van der Waals surface area contributed by atoms with Crippen LogP contribution in [-0.4, -0.2) is 13.1 Å². The molecule has 14 heavy (non-hydrogen) atoms. The van der Waals surface area contributed by atoms with E-state index >= 15 is 0 Å². The maximum absolute atomic E-state index is 11.3. The first kappa shape index (κ1) is 10.6. The first-order valence-electron chi connectivity index (χ1n) is 3.97. The van der Waals surface area contributed by atoms with Crippen molar-refractivity contribution >= 4 is 17.7 Å². The summed E-state index contributed by atoms with van der Waals surface area (Å²) in [6, 6.07) is 9.10. The summed E-state index contributed by atoms with van der Waals surface area (Å²) in [5.41, 5.74) is 0.783. The number of carbonyl (C=O) groups excluding carboxylic acids is 1. The molecule has 0 bridgehead atoms. The van der Waals surface area contributed by atoms with Gasteiger partial charge in [-0.15, -0.1) is 0 Å². The number of methoxy groups -OCH3 is 1. The third-order valence-electron chi connectivity index (χ3n) is 1.69. The molecule has 1 rings (SSSR count). The third kappa shape index (κ3) is 2.51. The minimum atomic E-state index is -0.550. The zero-order chi connectivity index (χ0) is 10.4. The van der Waals surface area contributed by atoms with Gasteiger partial charge in [0.05, 0.1) is 7.11 Å². The van der Waals surface area contributed by atoms with Gasteiger partial charge in [-0.05, 0) is 17.3 Å². The van der Waals surface area contributed by atoms with E-state index in [4.69, 9.17) is 5.26 Å². The second-order valence-corrected chi connectivity index (χ2v) is 3.41. The molecule has 72 valence electrons. The maximum atomic E-state index is 11.3. The molecule has 0 aliphatic rings. The van der Waals surface area contributed by atoms with E-state index in [0.29, 0.717) is 0 Å². The zero-order valence-corrected chi connectivity index (χ0v) is 8.45. The number of nitriles is 1. The Hall–Kier alpha value is -1.47. The molecule has 0 aromatic heterocycles. The van der Waals surface area contributed by atoms with Gasteiger partial charge in [-0.2, -0.15) is 5.26 Å². The second kappa shape index (κ2) is 5.30. The molecular weight excluding hydrogens is 198 g/mol. The highest BCUT2D eigenvalue weighted by atomic mass is 32.2. The lowest BCUT2D eigenvalue weighted by Crippen LogP contribution is -2.10. The number of nitrogens with zero attached hydrogens (tertiary/aromatic N) is 1. The number of ether oxygens (including phenoxy) is 1. The Labute approximate surface area is 86.7 Å². The van der Waals surface area contributed by atoms with E-state index in [1.165, 1.54) is 7.11 Å². The molecule has 0 saturated heterocycles. The van der Waals surface area contributed by atoms with E-state index in [-0.39, 0.29) is 0 Å². The fourth-order valence-electron chi connectivity index (χ4n) is 1.04. The van der Waals surface area contributed by atoms with Gasteiger partial charge in [0.25, 0.3) is 0 Å². The van der Waals surface area contributed by atoms with Crippen LogP contribution >= 0.6 is 11.8 Å². The fourth-order valence-corrected chi connectivity index (χ4v) is 1.63. The largest absolute Gasteiger partial charge is 0.468 e. The number of hydrogen-bond acceptors (Lipinski definition) is 4. The van der Waals surface area contributed by atoms with Gasteiger partial charge >= 0.3 is 5.97 Å². The molecule has 0 spiro atoms. The number of thioether (sulfide) groups is 1. The van der Waals surface area contributed by atoms with E-state index in [1.54, 1.807) is 12.1 Å². The van der Waals surface area contributed by atoms with Crippen LogP contribution in [0.4, 0.5) is 0 Å². The SMILES string of the molecule is COC(=O)C(SC#N)c1ccccc1. The molecule has 1 aromatic rings. The van der Waals surface area contributed by atoms with E-state index < -0.39 is 11.2 Å². The van der Waals surface area contributed by atoms with Crippen molar-refractivity contribution in [2.75, 3.05) is 7.11 Å². The summed E-state index contributed by atoms with van der Waals surface area (Å²) < 4.78 is 4.61. The number of esters is 1. The van der Waals surface area contributed by atoms with Crippen molar-refractivity contribution in [1.29, 1.82) is 5.26 Å². The minimum absolute atomic E-state index is 0.400. The number of thiocyanates is 1. The standard InChI is InChI=1S/C10H9NO2S/c1-13-10(12)9(14-7-11)8-5-3-2-4-6-8/h2-6,9H,1H3. The molecule has 0 fully saturated rings. The summed E-state index contributed by atoms with van der Waals surface area (Å²) in [7, 11) is 1.32. The van der Waals surface area contributed by atoms with Crippen molar-refractivity contribution in [2.45, 2.75) is 5.25 Å². The van der Waals surface area contributed by atoms with Crippen LogP contribution in [0.5, 0.6) is 0 Å². The van der Waals surface area contributed by atoms with Crippen molar-refractivity contribution in [3.05, 3.63) is 35.9 Å². The molecule has 0 radical (unpaired) electrons. The Morgan fingerprint density at radius 3 is 2.64 bits per heavy atom. The first-order valence-corrected chi connectivity index (χ1v) is 4.85. The average Bonchev–Trinajstić information content (AvgIpc) is 2.26. The van der Waals surface area contributed by atoms with Crippen LogP contribution in [0.25, 0.3) is 0 Å². The lowest BCUT2D eigenvalue weighted by molar-refractivity contribution is -0.140. The van der Waals surface area contributed by atoms with Crippen LogP contribution < -0.4 is 0 Å². The Morgan fingerprint density at radius 1 is 1.50 bits per heavy atom. The van der Waals surface area contributed by atoms with Crippen molar-refractivity contribution in [2.24, 2.45) is 0 Å². The molecule has 3 nitrogen and oxygen atoms in total. The third-order valence-corrected chi connectivity index (χ3v) is 2.49. The Bertz CT molecular complexity index is 345. The zero-order valence-electron chi connectivity index (χ0n) is 7.64. The summed E-state index contributed by atoms with van der Waals surface area (Å²) in [6.07, 6.45) is 0. The van der Waals surface area contributed by atoms with Gasteiger partial charge < -0.3 is 4.74 Å². The first-order chi connectivity index (χ1) is 6.79. The van der Waals surface area contributed by atoms with E-state index in [9.17, 15) is 4.79 Å². The number of hydrogen-bond donors (Lipinski definition) is 0. The number of rotatable bonds is 3. The van der Waals surface area contributed by atoms with Crippen molar-refractivity contribution < 1.29 is 9.53 Å². The Morgan fingerprint density at radius 2 is 2.14 bits per heavy atom. The normalized spacial score (nSPS) is 11.4. The van der Waals surface area contributed by atoms with Crippen molar-refractivity contribution in [3.63, 3.8) is 0 Å². The van der Waals surface area contributed by atoms with E-state index in [0.717, 1.165) is 17.3 Å². The number of carbonyl (C=O) groups is 1. The second-order valence-electron chi connectivity index (χ2n) is 2.52. The molecule has 1 atom stereocenters. The van der Waals surface area contributed by atoms with Gasteiger partial charge in [0.15, 0.2) is 0 Å². The summed E-state index contributed by atoms with van der Waals surface area (Å²) in [4.78, 5) is 11.3. The fraction of sp³-hybridized carbons (Fsp3) is 0.200. The van der Waals surface area contributed by atoms with Gasteiger partial charge in [0.1, 0.15) is 10.7 Å². The highest BCUT2D eigenvalue weighted by Gasteiger charge is 2.21. The molecule has 0 aliphatic carbocycles. The van der Waals surface area contributed by atoms with Crippen LogP contribution in [0.15, 0.2) is 30.3 Å². The molecule has 0 heterocycles. The predicted molar refractivity (Wildman–Crippen MR) is 54.4 cm³/mol. The summed E-state index contributed by atoms with van der Waals surface area (Å²) in [6.45, 7) is 0. The summed E-state index contributed by atoms with van der Waals surface area (Å²) >= 11 is 0.893. The summed E-state index contributed by atoms with van der Waals surface area (Å²) in [5, 5.41) is 9.90. The van der Waals surface area contributed by atoms with Gasteiger partial charge in [-0.25, -0.2) is 0 Å². The molecule has 0 aliphatic heterocycles. The topological polar surface area (TPSA) is 50.1 Å². The summed E-state index contributed by atoms with van der Waals surface area (Å²) in [5.74, 6) is -0.400. The van der Waals surface area contributed by atoms with Crippen LogP contribution in [0.3, 0.4) is 0 Å². The lowest BCUT2D eigenvalue weighted by atomic mass is 10.1. The molecule has 4 heteroatoms. The smallest absolute Gasteiger partial charge is 0.324 e. The maximum Gasteiger partial charge on any atom is 0.324 e. The van der Waals surface area contributed by atoms with Crippen LogP contribution in [0.2, 0.25) is 0 Å². The van der Waals surface area contributed by atoms with Gasteiger partial charge in [-0.1, -0.05) is 30.3 Å². The van der Waals surface area contributed by atoms with E-state index in [2.05, 4.69) is 4.74 Å². The number of benzene rings is 1. The molecule has 1 unspecified atom stereocenters. The van der Waals surface area contributed by atoms with Crippen LogP contribution in [0.1, 0.15) is 10.8 Å². The lowest BCUT2D eigenvalue weighted by Gasteiger charge is -2.09. The Kier molecular flexibility index (Phi) is 4.02. The molecular formula is C10H9NO2S. The quantitative estimate of drug-likeness (QED) is 0.562. The van der Waals surface area contributed by atoms with Crippen molar-refractivity contribution in [1.82, 2.24) is 0 Å². The molecule has 1 aromatic carbocycles.